The molecule has 0 unspecified atom stereocenters. The van der Waals surface area contributed by atoms with Gasteiger partial charge in [-0.2, -0.15) is 5.26 Å². The van der Waals surface area contributed by atoms with Crippen LogP contribution in [0.2, 0.25) is 0 Å². The van der Waals surface area contributed by atoms with Crippen LogP contribution in [0, 0.1) is 23.0 Å². The van der Waals surface area contributed by atoms with Crippen molar-refractivity contribution in [2.75, 3.05) is 7.11 Å². The normalized spacial score (nSPS) is 11.3. The van der Waals surface area contributed by atoms with Gasteiger partial charge < -0.3 is 10.1 Å². The first-order valence-electron chi connectivity index (χ1n) is 7.72. The molecule has 0 spiro atoms. The average molecular weight is 358 g/mol. The van der Waals surface area contributed by atoms with Crippen LogP contribution in [-0.2, 0) is 27.2 Å². The molecule has 0 saturated heterocycles. The predicted octanol–water partition coefficient (Wildman–Crippen LogP) is 2.28. The molecule has 26 heavy (non-hydrogen) atoms. The number of amides is 1. The first kappa shape index (κ1) is 19.1. The van der Waals surface area contributed by atoms with Gasteiger partial charge in [0.2, 0.25) is 5.91 Å². The van der Waals surface area contributed by atoms with Crippen LogP contribution < -0.4 is 5.32 Å². The Morgan fingerprint density at radius 2 is 1.73 bits per heavy atom. The number of carbonyl (C=O) groups is 2. The highest BCUT2D eigenvalue weighted by atomic mass is 19.1. The summed E-state index contributed by atoms with van der Waals surface area (Å²) in [6, 6.07) is 10.4. The van der Waals surface area contributed by atoms with Gasteiger partial charge in [-0.1, -0.05) is 12.1 Å². The van der Waals surface area contributed by atoms with E-state index in [1.807, 2.05) is 6.07 Å². The van der Waals surface area contributed by atoms with E-state index in [9.17, 15) is 18.4 Å². The molecule has 1 amide bonds. The van der Waals surface area contributed by atoms with Crippen molar-refractivity contribution in [2.45, 2.75) is 18.9 Å². The molecule has 0 fully saturated rings. The number of esters is 1. The van der Waals surface area contributed by atoms with E-state index >= 15 is 0 Å². The molecule has 1 atom stereocenters. The standard InChI is InChI=1S/C19H16F2N2O3/c1-26-19(25)17(8-12-2-4-13(11-22)5-3-12)23-18(24)9-14-6-15(20)10-16(21)7-14/h2-7,10,17H,8-9H2,1H3,(H,23,24)/t17-/m1/s1. The van der Waals surface area contributed by atoms with Gasteiger partial charge in [-0.05, 0) is 35.4 Å². The number of methoxy groups -OCH3 is 1. The van der Waals surface area contributed by atoms with E-state index in [0.29, 0.717) is 11.6 Å². The minimum absolute atomic E-state index is 0.154. The van der Waals surface area contributed by atoms with E-state index in [4.69, 9.17) is 10.00 Å². The van der Waals surface area contributed by atoms with Gasteiger partial charge in [-0.25, -0.2) is 13.6 Å². The highest BCUT2D eigenvalue weighted by Crippen LogP contribution is 2.10. The van der Waals surface area contributed by atoms with Crippen LogP contribution in [0.15, 0.2) is 42.5 Å². The van der Waals surface area contributed by atoms with Gasteiger partial charge in [0.25, 0.3) is 0 Å². The zero-order valence-corrected chi connectivity index (χ0v) is 14.0. The lowest BCUT2D eigenvalue weighted by molar-refractivity contribution is -0.145. The number of ether oxygens (including phenoxy) is 1. The lowest BCUT2D eigenvalue weighted by atomic mass is 10.0. The molecule has 0 saturated carbocycles. The maximum Gasteiger partial charge on any atom is 0.328 e. The molecule has 0 aliphatic heterocycles. The zero-order chi connectivity index (χ0) is 19.1. The van der Waals surface area contributed by atoms with E-state index in [1.54, 1.807) is 24.3 Å². The molecule has 2 aromatic rings. The van der Waals surface area contributed by atoms with Crippen molar-refractivity contribution in [1.82, 2.24) is 5.32 Å². The van der Waals surface area contributed by atoms with E-state index in [0.717, 1.165) is 17.7 Å². The molecule has 1 N–H and O–H groups in total. The summed E-state index contributed by atoms with van der Waals surface area (Å²) in [6.45, 7) is 0. The summed E-state index contributed by atoms with van der Waals surface area (Å²) in [5.74, 6) is -2.78. The molecule has 0 aliphatic carbocycles. The Hall–Kier alpha value is -3.27. The molecular formula is C19H16F2N2O3. The minimum Gasteiger partial charge on any atom is -0.467 e. The highest BCUT2D eigenvalue weighted by molar-refractivity contribution is 5.85. The molecule has 5 nitrogen and oxygen atoms in total. The summed E-state index contributed by atoms with van der Waals surface area (Å²) in [6.07, 6.45) is -0.128. The maximum absolute atomic E-state index is 13.2. The Kier molecular flexibility index (Phi) is 6.39. The van der Waals surface area contributed by atoms with Crippen molar-refractivity contribution >= 4 is 11.9 Å². The summed E-state index contributed by atoms with van der Waals surface area (Å²) < 4.78 is 31.1. The molecule has 7 heteroatoms. The summed E-state index contributed by atoms with van der Waals surface area (Å²) in [5, 5.41) is 11.3. The second kappa shape index (κ2) is 8.72. The minimum atomic E-state index is -0.959. The van der Waals surface area contributed by atoms with E-state index < -0.39 is 29.6 Å². The number of rotatable bonds is 6. The Bertz CT molecular complexity index is 825. The van der Waals surface area contributed by atoms with Crippen LogP contribution in [-0.4, -0.2) is 25.0 Å². The summed E-state index contributed by atoms with van der Waals surface area (Å²) in [4.78, 5) is 24.1. The molecule has 0 aromatic heterocycles. The van der Waals surface area contributed by atoms with Crippen molar-refractivity contribution in [1.29, 1.82) is 5.26 Å². The quantitative estimate of drug-likeness (QED) is 0.804. The van der Waals surface area contributed by atoms with Crippen LogP contribution in [0.3, 0.4) is 0 Å². The smallest absolute Gasteiger partial charge is 0.328 e. The first-order valence-corrected chi connectivity index (χ1v) is 7.72. The van der Waals surface area contributed by atoms with Crippen LogP contribution in [0.1, 0.15) is 16.7 Å². The lowest BCUT2D eigenvalue weighted by Crippen LogP contribution is -2.43. The van der Waals surface area contributed by atoms with E-state index in [1.165, 1.54) is 7.11 Å². The topological polar surface area (TPSA) is 79.2 Å². The molecule has 0 aliphatic rings. The molecule has 0 radical (unpaired) electrons. The molecule has 0 bridgehead atoms. The Morgan fingerprint density at radius 1 is 1.12 bits per heavy atom. The largest absolute Gasteiger partial charge is 0.467 e. The van der Waals surface area contributed by atoms with Gasteiger partial charge in [0.1, 0.15) is 17.7 Å². The molecule has 2 rings (SSSR count). The van der Waals surface area contributed by atoms with Crippen molar-refractivity contribution < 1.29 is 23.1 Å². The Balaban J connectivity index is 2.07. The van der Waals surface area contributed by atoms with Crippen LogP contribution in [0.25, 0.3) is 0 Å². The number of hydrogen-bond acceptors (Lipinski definition) is 4. The van der Waals surface area contributed by atoms with Gasteiger partial charge >= 0.3 is 5.97 Å². The number of nitriles is 1. The Morgan fingerprint density at radius 3 is 2.27 bits per heavy atom. The summed E-state index contributed by atoms with van der Waals surface area (Å²) in [7, 11) is 1.20. The number of benzene rings is 2. The number of hydrogen-bond donors (Lipinski definition) is 1. The number of halogens is 2. The second-order valence-corrected chi connectivity index (χ2v) is 5.61. The third kappa shape index (κ3) is 5.38. The fraction of sp³-hybridized carbons (Fsp3) is 0.211. The predicted molar refractivity (Wildman–Crippen MR) is 88.9 cm³/mol. The monoisotopic (exact) mass is 358 g/mol. The van der Waals surface area contributed by atoms with Gasteiger partial charge in [-0.3, -0.25) is 4.79 Å². The maximum atomic E-state index is 13.2. The SMILES string of the molecule is COC(=O)[C@@H](Cc1ccc(C#N)cc1)NC(=O)Cc1cc(F)cc(F)c1. The van der Waals surface area contributed by atoms with Crippen molar-refractivity contribution in [3.63, 3.8) is 0 Å². The number of carbonyl (C=O) groups excluding carboxylic acids is 2. The summed E-state index contributed by atoms with van der Waals surface area (Å²) >= 11 is 0. The first-order chi connectivity index (χ1) is 12.4. The molecule has 134 valence electrons. The summed E-state index contributed by atoms with van der Waals surface area (Å²) in [5.41, 5.74) is 1.35. The number of nitrogens with zero attached hydrogens (tertiary/aromatic N) is 1. The fourth-order valence-electron chi connectivity index (χ4n) is 2.43. The van der Waals surface area contributed by atoms with Gasteiger partial charge in [0.05, 0.1) is 25.2 Å². The van der Waals surface area contributed by atoms with Gasteiger partial charge in [-0.15, -0.1) is 0 Å². The highest BCUT2D eigenvalue weighted by Gasteiger charge is 2.22. The average Bonchev–Trinajstić information content (AvgIpc) is 2.60. The van der Waals surface area contributed by atoms with Crippen LogP contribution in [0.5, 0.6) is 0 Å². The molecule has 0 heterocycles. The lowest BCUT2D eigenvalue weighted by Gasteiger charge is -2.17. The number of nitrogens with one attached hydrogen (secondary N) is 1. The van der Waals surface area contributed by atoms with E-state index in [-0.39, 0.29) is 18.4 Å². The third-order valence-corrected chi connectivity index (χ3v) is 3.63. The van der Waals surface area contributed by atoms with Crippen molar-refractivity contribution in [3.05, 3.63) is 70.8 Å². The second-order valence-electron chi connectivity index (χ2n) is 5.61. The molecular weight excluding hydrogens is 342 g/mol. The van der Waals surface area contributed by atoms with Crippen LogP contribution >= 0.6 is 0 Å². The van der Waals surface area contributed by atoms with E-state index in [2.05, 4.69) is 5.32 Å². The van der Waals surface area contributed by atoms with Gasteiger partial charge in [0.15, 0.2) is 0 Å². The third-order valence-electron chi connectivity index (χ3n) is 3.63. The van der Waals surface area contributed by atoms with Crippen molar-refractivity contribution in [3.8, 4) is 6.07 Å². The fourth-order valence-corrected chi connectivity index (χ4v) is 2.43. The molecule has 2 aromatic carbocycles. The van der Waals surface area contributed by atoms with Gasteiger partial charge in [0, 0.05) is 12.5 Å². The zero-order valence-electron chi connectivity index (χ0n) is 14.0. The van der Waals surface area contributed by atoms with Crippen LogP contribution in [0.4, 0.5) is 8.78 Å². The Labute approximate surface area is 149 Å². The van der Waals surface area contributed by atoms with Crippen molar-refractivity contribution in [2.24, 2.45) is 0 Å².